The minimum absolute atomic E-state index is 0.0133. The highest BCUT2D eigenvalue weighted by Crippen LogP contribution is 2.36. The Hall–Kier alpha value is -1.24. The summed E-state index contributed by atoms with van der Waals surface area (Å²) < 4.78 is 87.1. The third-order valence-electron chi connectivity index (χ3n) is 4.34. The lowest BCUT2D eigenvalue weighted by Crippen LogP contribution is -2.54. The lowest BCUT2D eigenvalue weighted by Gasteiger charge is -2.37. The summed E-state index contributed by atoms with van der Waals surface area (Å²) in [4.78, 5) is 0. The molecule has 0 aliphatic carbocycles. The van der Waals surface area contributed by atoms with Gasteiger partial charge in [0.1, 0.15) is 24.4 Å². The van der Waals surface area contributed by atoms with Gasteiger partial charge in [0.25, 0.3) is 0 Å². The molecule has 0 spiro atoms. The van der Waals surface area contributed by atoms with Crippen molar-refractivity contribution in [2.24, 2.45) is 0 Å². The first-order chi connectivity index (χ1) is 13.0. The Morgan fingerprint density at radius 3 is 2.50 bits per heavy atom. The molecule has 0 unspecified atom stereocenters. The Kier molecular flexibility index (Phi) is 6.04. The number of fused-ring (bicyclic) bond motifs is 1. The van der Waals surface area contributed by atoms with Crippen molar-refractivity contribution >= 4 is 10.1 Å². The summed E-state index contributed by atoms with van der Waals surface area (Å²) in [6.45, 7) is 2.68. The zero-order chi connectivity index (χ0) is 20.6. The Morgan fingerprint density at radius 2 is 1.86 bits per heavy atom. The number of alkyl halides is 3. The van der Waals surface area contributed by atoms with Crippen LogP contribution in [0.4, 0.5) is 13.2 Å². The zero-order valence-electron chi connectivity index (χ0n) is 15.2. The third-order valence-corrected chi connectivity index (χ3v) is 5.36. The van der Waals surface area contributed by atoms with Crippen molar-refractivity contribution in [2.75, 3.05) is 13.2 Å². The van der Waals surface area contributed by atoms with Gasteiger partial charge < -0.3 is 18.9 Å². The summed E-state index contributed by atoms with van der Waals surface area (Å²) >= 11 is 0. The minimum atomic E-state index is -5.74. The van der Waals surface area contributed by atoms with E-state index in [1.807, 2.05) is 30.3 Å². The quantitative estimate of drug-likeness (QED) is 0.510. The van der Waals surface area contributed by atoms with E-state index in [9.17, 15) is 21.6 Å². The second-order valence-corrected chi connectivity index (χ2v) is 8.56. The van der Waals surface area contributed by atoms with Crippen LogP contribution in [-0.4, -0.2) is 57.3 Å². The van der Waals surface area contributed by atoms with Crippen LogP contribution >= 0.6 is 0 Å². The van der Waals surface area contributed by atoms with Gasteiger partial charge in [-0.05, 0) is 19.4 Å². The van der Waals surface area contributed by atoms with Gasteiger partial charge in [0.05, 0.1) is 19.8 Å². The molecular weight excluding hydrogens is 405 g/mol. The molecule has 7 nitrogen and oxygen atoms in total. The largest absolute Gasteiger partial charge is 0.523 e. The smallest absolute Gasteiger partial charge is 0.370 e. The van der Waals surface area contributed by atoms with Crippen molar-refractivity contribution in [1.82, 2.24) is 0 Å². The average molecular weight is 426 g/mol. The summed E-state index contributed by atoms with van der Waals surface area (Å²) in [5.74, 6) is -0.930. The van der Waals surface area contributed by atoms with Gasteiger partial charge >= 0.3 is 15.6 Å². The van der Waals surface area contributed by atoms with E-state index in [0.29, 0.717) is 0 Å². The van der Waals surface area contributed by atoms with Gasteiger partial charge in [-0.25, -0.2) is 0 Å². The van der Waals surface area contributed by atoms with Crippen molar-refractivity contribution in [3.63, 3.8) is 0 Å². The molecule has 2 heterocycles. The van der Waals surface area contributed by atoms with E-state index in [1.165, 1.54) is 0 Å². The molecule has 2 aliphatic heterocycles. The van der Waals surface area contributed by atoms with Gasteiger partial charge in [-0.3, -0.25) is 4.18 Å². The third kappa shape index (κ3) is 4.84. The number of benzene rings is 1. The summed E-state index contributed by atoms with van der Waals surface area (Å²) in [6.07, 6.45) is -3.11. The first kappa shape index (κ1) is 21.5. The van der Waals surface area contributed by atoms with E-state index < -0.39 is 52.4 Å². The topological polar surface area (TPSA) is 80.3 Å². The van der Waals surface area contributed by atoms with Crippen LogP contribution in [0.5, 0.6) is 0 Å². The molecule has 28 heavy (non-hydrogen) atoms. The Morgan fingerprint density at radius 1 is 1.18 bits per heavy atom. The number of hydrogen-bond acceptors (Lipinski definition) is 7. The van der Waals surface area contributed by atoms with Crippen LogP contribution in [0.25, 0.3) is 0 Å². The molecule has 11 heteroatoms. The molecule has 1 aromatic carbocycles. The van der Waals surface area contributed by atoms with Crippen LogP contribution in [0.3, 0.4) is 0 Å². The van der Waals surface area contributed by atoms with E-state index in [2.05, 4.69) is 4.18 Å². The SMILES string of the molecule is CC1(C)O[C@H]2[C@H](OCc3ccccc3)[C@@H](COS(=O)(=O)C(F)(F)F)OC[C@H]2O1. The Balaban J connectivity index is 1.73. The van der Waals surface area contributed by atoms with Crippen LogP contribution in [-0.2, 0) is 39.9 Å². The standard InChI is InChI=1S/C17H21F3O7S/c1-16(2)26-13-9-23-12(10-25-28(21,22)17(18,19)20)14(15(13)27-16)24-8-11-6-4-3-5-7-11/h3-7,12-15H,8-10H2,1-2H3/t12-,13-,14-,15-/m1/s1. The van der Waals surface area contributed by atoms with Crippen LogP contribution in [0.2, 0.25) is 0 Å². The second kappa shape index (κ2) is 7.88. The molecule has 4 atom stereocenters. The van der Waals surface area contributed by atoms with Crippen LogP contribution < -0.4 is 0 Å². The second-order valence-electron chi connectivity index (χ2n) is 6.96. The molecule has 3 rings (SSSR count). The average Bonchev–Trinajstić information content (AvgIpc) is 2.92. The molecule has 2 aliphatic rings. The van der Waals surface area contributed by atoms with Gasteiger partial charge in [-0.2, -0.15) is 21.6 Å². The maximum Gasteiger partial charge on any atom is 0.523 e. The zero-order valence-corrected chi connectivity index (χ0v) is 16.0. The van der Waals surface area contributed by atoms with Crippen molar-refractivity contribution in [3.05, 3.63) is 35.9 Å². The molecule has 0 radical (unpaired) electrons. The number of hydrogen-bond donors (Lipinski definition) is 0. The van der Waals surface area contributed by atoms with E-state index >= 15 is 0 Å². The van der Waals surface area contributed by atoms with Crippen molar-refractivity contribution < 1.29 is 44.7 Å². The van der Waals surface area contributed by atoms with Gasteiger partial charge in [0, 0.05) is 0 Å². The highest BCUT2D eigenvalue weighted by atomic mass is 32.2. The van der Waals surface area contributed by atoms with E-state index in [4.69, 9.17) is 18.9 Å². The summed E-state index contributed by atoms with van der Waals surface area (Å²) in [5.41, 5.74) is -4.69. The van der Waals surface area contributed by atoms with Crippen molar-refractivity contribution in [2.45, 2.75) is 56.2 Å². The predicted octanol–water partition coefficient (Wildman–Crippen LogP) is 2.36. The van der Waals surface area contributed by atoms with Crippen LogP contribution in [0.15, 0.2) is 30.3 Å². The summed E-state index contributed by atoms with van der Waals surface area (Å²) in [6, 6.07) is 9.09. The highest BCUT2D eigenvalue weighted by Gasteiger charge is 2.53. The molecule has 0 amide bonds. The first-order valence-corrected chi connectivity index (χ1v) is 9.98. The fraction of sp³-hybridized carbons (Fsp3) is 0.647. The lowest BCUT2D eigenvalue weighted by molar-refractivity contribution is -0.188. The van der Waals surface area contributed by atoms with Crippen molar-refractivity contribution in [3.8, 4) is 0 Å². The van der Waals surface area contributed by atoms with Gasteiger partial charge in [0.15, 0.2) is 5.79 Å². The van der Waals surface area contributed by atoms with E-state index in [0.717, 1.165) is 5.56 Å². The molecule has 2 fully saturated rings. The van der Waals surface area contributed by atoms with E-state index in [-0.39, 0.29) is 13.2 Å². The molecular formula is C17H21F3O7S. The predicted molar refractivity (Wildman–Crippen MR) is 89.5 cm³/mol. The molecule has 1 aromatic rings. The Bertz CT molecular complexity index is 767. The molecule has 2 saturated heterocycles. The van der Waals surface area contributed by atoms with Crippen LogP contribution in [0.1, 0.15) is 19.4 Å². The number of halogens is 3. The molecule has 158 valence electrons. The Labute approximate surface area is 160 Å². The molecule has 0 N–H and O–H groups in total. The summed E-state index contributed by atoms with van der Waals surface area (Å²) in [5, 5.41) is 0. The van der Waals surface area contributed by atoms with E-state index in [1.54, 1.807) is 13.8 Å². The van der Waals surface area contributed by atoms with Crippen molar-refractivity contribution in [1.29, 1.82) is 0 Å². The highest BCUT2D eigenvalue weighted by molar-refractivity contribution is 7.87. The normalized spacial score (nSPS) is 30.2. The number of ether oxygens (including phenoxy) is 4. The minimum Gasteiger partial charge on any atom is -0.370 e. The fourth-order valence-electron chi connectivity index (χ4n) is 3.13. The molecule has 0 aromatic heterocycles. The maximum atomic E-state index is 12.5. The molecule has 0 saturated carbocycles. The van der Waals surface area contributed by atoms with Crippen LogP contribution in [0, 0.1) is 0 Å². The monoisotopic (exact) mass is 426 g/mol. The van der Waals surface area contributed by atoms with Gasteiger partial charge in [0.2, 0.25) is 0 Å². The maximum absolute atomic E-state index is 12.5. The number of rotatable bonds is 6. The lowest BCUT2D eigenvalue weighted by atomic mass is 10.0. The summed E-state index contributed by atoms with van der Waals surface area (Å²) in [7, 11) is -5.74. The fourth-order valence-corrected chi connectivity index (χ4v) is 3.58. The van der Waals surface area contributed by atoms with Gasteiger partial charge in [-0.1, -0.05) is 30.3 Å². The molecule has 0 bridgehead atoms. The first-order valence-electron chi connectivity index (χ1n) is 8.57. The van der Waals surface area contributed by atoms with Gasteiger partial charge in [-0.15, -0.1) is 0 Å².